The van der Waals surface area contributed by atoms with Crippen molar-refractivity contribution in [1.82, 2.24) is 4.98 Å². The van der Waals surface area contributed by atoms with Crippen LogP contribution in [0.3, 0.4) is 0 Å². The summed E-state index contributed by atoms with van der Waals surface area (Å²) >= 11 is 0. The molecule has 0 bridgehead atoms. The van der Waals surface area contributed by atoms with Crippen LogP contribution in [0.5, 0.6) is 0 Å². The lowest BCUT2D eigenvalue weighted by Crippen LogP contribution is -2.36. The van der Waals surface area contributed by atoms with Crippen molar-refractivity contribution in [2.24, 2.45) is 0 Å². The van der Waals surface area contributed by atoms with E-state index in [1.807, 2.05) is 0 Å². The van der Waals surface area contributed by atoms with E-state index in [0.29, 0.717) is 0 Å². The third-order valence-corrected chi connectivity index (χ3v) is 2.24. The Morgan fingerprint density at radius 2 is 1.94 bits per heavy atom. The smallest absolute Gasteiger partial charge is 0.396 e. The van der Waals surface area contributed by atoms with Gasteiger partial charge in [-0.3, -0.25) is 0 Å². The van der Waals surface area contributed by atoms with E-state index in [1.165, 1.54) is 4.90 Å². The molecular weight excluding hydrogens is 247 g/mol. The van der Waals surface area contributed by atoms with Crippen LogP contribution in [0.2, 0.25) is 0 Å². The highest BCUT2D eigenvalue weighted by atomic mass is 19.4. The Hall–Kier alpha value is -1.50. The van der Waals surface area contributed by atoms with E-state index in [0.717, 1.165) is 12.3 Å². The zero-order valence-corrected chi connectivity index (χ0v) is 10.4. The lowest BCUT2D eigenvalue weighted by atomic mass is 10.1. The van der Waals surface area contributed by atoms with E-state index in [-0.39, 0.29) is 17.9 Å². The Bertz CT molecular complexity index is 427. The van der Waals surface area contributed by atoms with E-state index in [4.69, 9.17) is 5.73 Å². The van der Waals surface area contributed by atoms with Crippen molar-refractivity contribution in [3.8, 4) is 0 Å². The molecule has 0 saturated heterocycles. The van der Waals surface area contributed by atoms with Gasteiger partial charge in [-0.05, 0) is 19.9 Å². The Morgan fingerprint density at radius 1 is 1.39 bits per heavy atom. The van der Waals surface area contributed by atoms with Crippen LogP contribution in [0.25, 0.3) is 0 Å². The number of anilines is 2. The quantitative estimate of drug-likeness (QED) is 0.874. The third kappa shape index (κ3) is 3.76. The fourth-order valence-electron chi connectivity index (χ4n) is 1.61. The van der Waals surface area contributed by atoms with Crippen LogP contribution < -0.4 is 10.6 Å². The van der Waals surface area contributed by atoms with Crippen LogP contribution in [0.1, 0.15) is 19.5 Å². The van der Waals surface area contributed by atoms with Gasteiger partial charge in [-0.2, -0.15) is 13.2 Å². The number of aromatic nitrogens is 1. The first-order valence-electron chi connectivity index (χ1n) is 5.27. The van der Waals surface area contributed by atoms with Crippen molar-refractivity contribution >= 4 is 11.4 Å². The van der Waals surface area contributed by atoms with E-state index in [9.17, 15) is 18.3 Å². The molecule has 0 unspecified atom stereocenters. The number of likely N-dealkylation sites (N-methyl/N-ethyl adjacent to an activating group) is 1. The number of rotatable bonds is 3. The molecule has 3 N–H and O–H groups in total. The molecule has 0 aliphatic carbocycles. The van der Waals surface area contributed by atoms with Gasteiger partial charge in [0.15, 0.2) is 0 Å². The minimum Gasteiger partial charge on any atom is -0.396 e. The summed E-state index contributed by atoms with van der Waals surface area (Å²) in [5.41, 5.74) is 3.88. The topological polar surface area (TPSA) is 62.4 Å². The maximum absolute atomic E-state index is 12.5. The summed E-state index contributed by atoms with van der Waals surface area (Å²) in [4.78, 5) is 4.71. The summed E-state index contributed by atoms with van der Waals surface area (Å²) in [6.45, 7) is 3.27. The average Bonchev–Trinajstić information content (AvgIpc) is 2.13. The van der Waals surface area contributed by atoms with E-state index in [1.54, 1.807) is 20.9 Å². The van der Waals surface area contributed by atoms with E-state index >= 15 is 0 Å². The van der Waals surface area contributed by atoms with Gasteiger partial charge in [0, 0.05) is 13.6 Å². The van der Waals surface area contributed by atoms with Crippen molar-refractivity contribution in [1.29, 1.82) is 0 Å². The lowest BCUT2D eigenvalue weighted by Gasteiger charge is -2.28. The minimum atomic E-state index is -4.52. The van der Waals surface area contributed by atoms with Gasteiger partial charge in [-0.25, -0.2) is 4.98 Å². The molecule has 0 atom stereocenters. The summed E-state index contributed by atoms with van der Waals surface area (Å²) in [5.74, 6) is 0. The standard InChI is InChI=1S/C11H16F3N3O/c1-10(2,18)6-17(3)8-4-9(11(12,13)14)16-5-7(8)15/h4-5,18H,6,15H2,1-3H3. The molecule has 102 valence electrons. The maximum atomic E-state index is 12.5. The van der Waals surface area contributed by atoms with E-state index < -0.39 is 17.5 Å². The van der Waals surface area contributed by atoms with Crippen molar-refractivity contribution in [2.75, 3.05) is 24.2 Å². The molecule has 1 heterocycles. The summed E-state index contributed by atoms with van der Waals surface area (Å²) in [6.07, 6.45) is -3.54. The van der Waals surface area contributed by atoms with Crippen molar-refractivity contribution in [3.05, 3.63) is 18.0 Å². The molecule has 18 heavy (non-hydrogen) atoms. The number of nitrogens with two attached hydrogens (primary N) is 1. The monoisotopic (exact) mass is 263 g/mol. The van der Waals surface area contributed by atoms with Crippen LogP contribution in [-0.4, -0.2) is 29.3 Å². The van der Waals surface area contributed by atoms with Crippen LogP contribution >= 0.6 is 0 Å². The number of nitrogen functional groups attached to an aromatic ring is 1. The number of halogens is 3. The molecule has 0 fully saturated rings. The second kappa shape index (κ2) is 4.64. The largest absolute Gasteiger partial charge is 0.433 e. The van der Waals surface area contributed by atoms with Crippen LogP contribution in [-0.2, 0) is 6.18 Å². The van der Waals surface area contributed by atoms with Gasteiger partial charge in [-0.15, -0.1) is 0 Å². The molecule has 0 amide bonds. The minimum absolute atomic E-state index is 0.134. The first-order chi connectivity index (χ1) is 8.00. The van der Waals surface area contributed by atoms with Crippen molar-refractivity contribution in [3.63, 3.8) is 0 Å². The predicted octanol–water partition coefficient (Wildman–Crippen LogP) is 1.89. The molecule has 1 rings (SSSR count). The predicted molar refractivity (Wildman–Crippen MR) is 63.2 cm³/mol. The number of nitrogens with zero attached hydrogens (tertiary/aromatic N) is 2. The highest BCUT2D eigenvalue weighted by Crippen LogP contribution is 2.32. The molecule has 0 aliphatic rings. The highest BCUT2D eigenvalue weighted by Gasteiger charge is 2.33. The third-order valence-electron chi connectivity index (χ3n) is 2.24. The van der Waals surface area contributed by atoms with Gasteiger partial charge >= 0.3 is 6.18 Å². The fourth-order valence-corrected chi connectivity index (χ4v) is 1.61. The Balaban J connectivity index is 3.08. The first-order valence-corrected chi connectivity index (χ1v) is 5.27. The van der Waals surface area contributed by atoms with Gasteiger partial charge < -0.3 is 15.7 Å². The first kappa shape index (κ1) is 14.6. The van der Waals surface area contributed by atoms with Crippen LogP contribution in [0.4, 0.5) is 24.5 Å². The van der Waals surface area contributed by atoms with Gasteiger partial charge in [0.2, 0.25) is 0 Å². The van der Waals surface area contributed by atoms with E-state index in [2.05, 4.69) is 4.98 Å². The molecule has 1 aromatic rings. The van der Waals surface area contributed by atoms with Crippen molar-refractivity contribution in [2.45, 2.75) is 25.6 Å². The summed E-state index contributed by atoms with van der Waals surface area (Å²) in [5, 5.41) is 9.65. The second-order valence-electron chi connectivity index (χ2n) is 4.79. The number of aliphatic hydroxyl groups is 1. The maximum Gasteiger partial charge on any atom is 0.433 e. The SMILES string of the molecule is CN(CC(C)(C)O)c1cc(C(F)(F)F)ncc1N. The number of pyridine rings is 1. The zero-order chi connectivity index (χ0) is 14.1. The number of hydrogen-bond acceptors (Lipinski definition) is 4. The molecule has 7 heteroatoms. The number of alkyl halides is 3. The fraction of sp³-hybridized carbons (Fsp3) is 0.545. The summed E-state index contributed by atoms with van der Waals surface area (Å²) < 4.78 is 37.6. The zero-order valence-electron chi connectivity index (χ0n) is 10.4. The number of hydrogen-bond donors (Lipinski definition) is 2. The molecule has 0 spiro atoms. The normalized spacial score (nSPS) is 12.6. The summed E-state index contributed by atoms with van der Waals surface area (Å²) in [7, 11) is 1.56. The molecule has 4 nitrogen and oxygen atoms in total. The van der Waals surface area contributed by atoms with Crippen LogP contribution in [0.15, 0.2) is 12.3 Å². The molecule has 0 aromatic carbocycles. The molecule has 0 aliphatic heterocycles. The molecular formula is C11H16F3N3O. The molecule has 0 radical (unpaired) electrons. The highest BCUT2D eigenvalue weighted by molar-refractivity contribution is 5.66. The van der Waals surface area contributed by atoms with Crippen LogP contribution in [0, 0.1) is 0 Å². The van der Waals surface area contributed by atoms with Gasteiger partial charge in [-0.1, -0.05) is 0 Å². The second-order valence-corrected chi connectivity index (χ2v) is 4.79. The summed E-state index contributed by atoms with van der Waals surface area (Å²) in [6, 6.07) is 0.876. The molecule has 1 aromatic heterocycles. The van der Waals surface area contributed by atoms with Crippen molar-refractivity contribution < 1.29 is 18.3 Å². The van der Waals surface area contributed by atoms with Gasteiger partial charge in [0.25, 0.3) is 0 Å². The van der Waals surface area contributed by atoms with Gasteiger partial charge in [0.1, 0.15) is 5.69 Å². The Labute approximate surface area is 103 Å². The van der Waals surface area contributed by atoms with Gasteiger partial charge in [0.05, 0.1) is 23.2 Å². The molecule has 0 saturated carbocycles. The Morgan fingerprint density at radius 3 is 2.39 bits per heavy atom. The average molecular weight is 263 g/mol. The lowest BCUT2D eigenvalue weighted by molar-refractivity contribution is -0.141. The Kier molecular flexibility index (Phi) is 3.75.